The van der Waals surface area contributed by atoms with E-state index in [2.05, 4.69) is 4.74 Å². The highest BCUT2D eigenvalue weighted by atomic mass is 35.5. The van der Waals surface area contributed by atoms with Crippen molar-refractivity contribution < 1.29 is 32.2 Å². The molecule has 0 amide bonds. The molecule has 8 nitrogen and oxygen atoms in total. The zero-order valence-electron chi connectivity index (χ0n) is 16.3. The lowest BCUT2D eigenvalue weighted by molar-refractivity contribution is -0.144. The number of rotatable bonds is 6. The van der Waals surface area contributed by atoms with Crippen molar-refractivity contribution in [2.45, 2.75) is 6.18 Å². The summed E-state index contributed by atoms with van der Waals surface area (Å²) in [6.45, 7) is -0.299. The van der Waals surface area contributed by atoms with Gasteiger partial charge in [0.15, 0.2) is 0 Å². The quantitative estimate of drug-likeness (QED) is 0.357. The minimum absolute atomic E-state index is 0.0287. The minimum Gasteiger partial charge on any atom is -0.497 e. The molecule has 0 fully saturated rings. The molecule has 0 spiro atoms. The number of ether oxygens (including phenoxy) is 3. The number of aromatic nitrogens is 2. The molecule has 0 bridgehead atoms. The summed E-state index contributed by atoms with van der Waals surface area (Å²) in [5, 5.41) is -0.215. The van der Waals surface area contributed by atoms with Crippen LogP contribution in [0.15, 0.2) is 39.6 Å². The van der Waals surface area contributed by atoms with E-state index in [0.717, 1.165) is 32.4 Å². The smallest absolute Gasteiger partial charge is 0.431 e. The standard InChI is InChI=1S/C18H15Cl2F3N2O6/c1-24-14(18(21,22)23)7-15(26)25(17(24)28)12-6-13(11(20)5-10(12)19)31-8-9(29-2)4-16(27)30-3/h4-7H,8H2,1-3H3. The number of esters is 1. The second kappa shape index (κ2) is 9.48. The van der Waals surface area contributed by atoms with Crippen molar-refractivity contribution >= 4 is 29.2 Å². The van der Waals surface area contributed by atoms with Crippen LogP contribution in [-0.2, 0) is 27.5 Å². The summed E-state index contributed by atoms with van der Waals surface area (Å²) in [7, 11) is 3.31. The number of alkyl halides is 3. The third-order valence-corrected chi connectivity index (χ3v) is 4.56. The Labute approximate surface area is 183 Å². The van der Waals surface area contributed by atoms with Crippen molar-refractivity contribution in [1.82, 2.24) is 9.13 Å². The predicted octanol–water partition coefficient (Wildman–Crippen LogP) is 2.94. The molecule has 0 saturated carbocycles. The maximum atomic E-state index is 13.0. The minimum atomic E-state index is -4.91. The fourth-order valence-electron chi connectivity index (χ4n) is 2.42. The topological polar surface area (TPSA) is 88.8 Å². The summed E-state index contributed by atoms with van der Waals surface area (Å²) in [6, 6.07) is 2.52. The molecule has 0 N–H and O–H groups in total. The van der Waals surface area contributed by atoms with Crippen molar-refractivity contribution in [2.75, 3.05) is 20.8 Å². The first-order chi connectivity index (χ1) is 14.4. The zero-order chi connectivity index (χ0) is 23.5. The number of halogens is 5. The molecule has 31 heavy (non-hydrogen) atoms. The van der Waals surface area contributed by atoms with Gasteiger partial charge in [-0.3, -0.25) is 9.36 Å². The molecule has 0 atom stereocenters. The van der Waals surface area contributed by atoms with E-state index in [4.69, 9.17) is 32.7 Å². The first-order valence-corrected chi connectivity index (χ1v) is 9.01. The second-order valence-corrected chi connectivity index (χ2v) is 6.72. The van der Waals surface area contributed by atoms with Gasteiger partial charge >= 0.3 is 17.8 Å². The van der Waals surface area contributed by atoms with E-state index in [0.29, 0.717) is 4.57 Å². The Morgan fingerprint density at radius 2 is 1.74 bits per heavy atom. The molecule has 0 aliphatic carbocycles. The van der Waals surface area contributed by atoms with Gasteiger partial charge in [0.2, 0.25) is 0 Å². The van der Waals surface area contributed by atoms with Crippen LogP contribution in [0.1, 0.15) is 5.69 Å². The first kappa shape index (κ1) is 24.4. The normalized spacial score (nSPS) is 11.9. The van der Waals surface area contributed by atoms with Crippen LogP contribution in [0.4, 0.5) is 13.2 Å². The average molecular weight is 483 g/mol. The fourth-order valence-corrected chi connectivity index (χ4v) is 2.94. The molecule has 1 aromatic heterocycles. The Balaban J connectivity index is 2.55. The van der Waals surface area contributed by atoms with Crippen molar-refractivity contribution in [1.29, 1.82) is 0 Å². The van der Waals surface area contributed by atoms with Gasteiger partial charge in [-0.05, 0) is 6.07 Å². The lowest BCUT2D eigenvalue weighted by Gasteiger charge is -2.16. The largest absolute Gasteiger partial charge is 0.497 e. The molecule has 168 valence electrons. The lowest BCUT2D eigenvalue weighted by Crippen LogP contribution is -2.40. The van der Waals surface area contributed by atoms with Crippen LogP contribution in [0.5, 0.6) is 5.75 Å². The summed E-state index contributed by atoms with van der Waals surface area (Å²) in [6.07, 6.45) is -3.90. The third-order valence-electron chi connectivity index (χ3n) is 3.96. The summed E-state index contributed by atoms with van der Waals surface area (Å²) < 4.78 is 54.7. The maximum absolute atomic E-state index is 13.0. The van der Waals surface area contributed by atoms with Gasteiger partial charge in [-0.1, -0.05) is 23.2 Å². The molecular weight excluding hydrogens is 468 g/mol. The van der Waals surface area contributed by atoms with Crippen molar-refractivity contribution in [3.8, 4) is 11.4 Å². The first-order valence-electron chi connectivity index (χ1n) is 8.25. The monoisotopic (exact) mass is 482 g/mol. The van der Waals surface area contributed by atoms with Crippen LogP contribution in [0, 0.1) is 0 Å². The molecule has 1 aromatic carbocycles. The van der Waals surface area contributed by atoms with Gasteiger partial charge in [-0.2, -0.15) is 13.2 Å². The second-order valence-electron chi connectivity index (χ2n) is 5.90. The highest BCUT2D eigenvalue weighted by Crippen LogP contribution is 2.33. The number of benzene rings is 1. The number of carbonyl (C=O) groups is 1. The summed E-state index contributed by atoms with van der Waals surface area (Å²) >= 11 is 12.1. The number of carbonyl (C=O) groups excluding carboxylic acids is 1. The zero-order valence-corrected chi connectivity index (χ0v) is 17.8. The summed E-state index contributed by atoms with van der Waals surface area (Å²) in [4.78, 5) is 36.1. The molecule has 0 unspecified atom stereocenters. The van der Waals surface area contributed by atoms with Crippen LogP contribution in [-0.4, -0.2) is 35.9 Å². The van der Waals surface area contributed by atoms with Crippen LogP contribution in [0.3, 0.4) is 0 Å². The molecule has 2 aromatic rings. The summed E-state index contributed by atoms with van der Waals surface area (Å²) in [5.41, 5.74) is -4.21. The Morgan fingerprint density at radius 3 is 2.29 bits per heavy atom. The SMILES string of the molecule is COC(=O)C=C(COc1cc(-n2c(=O)cc(C(F)(F)F)n(C)c2=O)c(Cl)cc1Cl)OC. The third kappa shape index (κ3) is 5.42. The van der Waals surface area contributed by atoms with Gasteiger partial charge in [-0.25, -0.2) is 14.2 Å². The van der Waals surface area contributed by atoms with Crippen LogP contribution in [0.2, 0.25) is 10.0 Å². The number of hydrogen-bond donors (Lipinski definition) is 0. The van der Waals surface area contributed by atoms with E-state index in [1.807, 2.05) is 0 Å². The maximum Gasteiger partial charge on any atom is 0.431 e. The Morgan fingerprint density at radius 1 is 1.10 bits per heavy atom. The van der Waals surface area contributed by atoms with Gasteiger partial charge in [0.05, 0.1) is 36.0 Å². The molecular formula is C18H15Cl2F3N2O6. The van der Waals surface area contributed by atoms with Crippen LogP contribution in [0.25, 0.3) is 5.69 Å². The lowest BCUT2D eigenvalue weighted by atomic mass is 10.2. The van der Waals surface area contributed by atoms with Crippen LogP contribution >= 0.6 is 23.2 Å². The van der Waals surface area contributed by atoms with Crippen molar-refractivity contribution in [2.24, 2.45) is 7.05 Å². The van der Waals surface area contributed by atoms with Crippen molar-refractivity contribution in [3.63, 3.8) is 0 Å². The van der Waals surface area contributed by atoms with E-state index in [1.54, 1.807) is 0 Å². The molecule has 13 heteroatoms. The van der Waals surface area contributed by atoms with E-state index in [9.17, 15) is 27.6 Å². The molecule has 1 heterocycles. The van der Waals surface area contributed by atoms with E-state index < -0.39 is 29.1 Å². The number of methoxy groups -OCH3 is 2. The summed E-state index contributed by atoms with van der Waals surface area (Å²) in [5.74, 6) is -0.729. The highest BCUT2D eigenvalue weighted by molar-refractivity contribution is 6.36. The van der Waals surface area contributed by atoms with Crippen LogP contribution < -0.4 is 16.0 Å². The molecule has 0 radical (unpaired) electrons. The van der Waals surface area contributed by atoms with Gasteiger partial charge < -0.3 is 14.2 Å². The number of hydrogen-bond acceptors (Lipinski definition) is 6. The van der Waals surface area contributed by atoms with E-state index >= 15 is 0 Å². The predicted molar refractivity (Wildman–Crippen MR) is 105 cm³/mol. The Bertz CT molecular complexity index is 1150. The molecule has 0 aliphatic heterocycles. The molecule has 2 rings (SSSR count). The fraction of sp³-hybridized carbons (Fsp3) is 0.278. The Hall–Kier alpha value is -2.92. The Kier molecular flexibility index (Phi) is 7.45. The highest BCUT2D eigenvalue weighted by Gasteiger charge is 2.35. The van der Waals surface area contributed by atoms with Crippen molar-refractivity contribution in [3.05, 3.63) is 66.6 Å². The van der Waals surface area contributed by atoms with Gasteiger partial charge in [-0.15, -0.1) is 0 Å². The average Bonchev–Trinajstić information content (AvgIpc) is 2.69. The molecule has 0 saturated heterocycles. The van der Waals surface area contributed by atoms with E-state index in [-0.39, 0.29) is 44.5 Å². The van der Waals surface area contributed by atoms with Gasteiger partial charge in [0.1, 0.15) is 23.8 Å². The number of nitrogens with zero attached hydrogens (tertiary/aromatic N) is 2. The molecule has 0 aliphatic rings. The van der Waals surface area contributed by atoms with Gasteiger partial charge in [0, 0.05) is 19.2 Å². The van der Waals surface area contributed by atoms with Gasteiger partial charge in [0.25, 0.3) is 5.56 Å². The van der Waals surface area contributed by atoms with E-state index in [1.165, 1.54) is 7.11 Å².